The van der Waals surface area contributed by atoms with Gasteiger partial charge in [0.1, 0.15) is 16.3 Å². The van der Waals surface area contributed by atoms with Crippen LogP contribution in [0, 0.1) is 27.7 Å². The molecule has 1 aliphatic heterocycles. The van der Waals surface area contributed by atoms with E-state index in [2.05, 4.69) is 5.32 Å². The van der Waals surface area contributed by atoms with Crippen LogP contribution < -0.4 is 5.32 Å². The largest absolute Gasteiger partial charge is 0.467 e. The number of methoxy groups -OCH3 is 1. The molecule has 0 spiro atoms. The number of nitrogens with zero attached hydrogens (tertiary/aromatic N) is 2. The average Bonchev–Trinajstić information content (AvgIpc) is 3.47. The molecule has 0 saturated carbocycles. The fourth-order valence-corrected chi connectivity index (χ4v) is 5.16. The molecule has 0 radical (unpaired) electrons. The lowest BCUT2D eigenvalue weighted by atomic mass is 10.1. The normalized spacial score (nSPS) is 15.3. The summed E-state index contributed by atoms with van der Waals surface area (Å²) >= 11 is 1.46. The van der Waals surface area contributed by atoms with Gasteiger partial charge in [-0.2, -0.15) is 0 Å². The number of thiophene rings is 1. The first-order chi connectivity index (χ1) is 16.1. The van der Waals surface area contributed by atoms with Crippen molar-refractivity contribution >= 4 is 41.2 Å². The monoisotopic (exact) mass is 481 g/mol. The molecule has 1 saturated heterocycles. The van der Waals surface area contributed by atoms with E-state index in [0.29, 0.717) is 21.9 Å². The second kappa shape index (κ2) is 8.79. The average molecular weight is 482 g/mol. The third kappa shape index (κ3) is 3.86. The highest BCUT2D eigenvalue weighted by Gasteiger charge is 2.36. The maximum absolute atomic E-state index is 13.0. The predicted octanol–water partition coefficient (Wildman–Crippen LogP) is 3.81. The Bertz CT molecular complexity index is 1360. The third-order valence-corrected chi connectivity index (χ3v) is 7.00. The molecule has 3 aromatic heterocycles. The maximum atomic E-state index is 13.0. The zero-order chi connectivity index (χ0) is 24.7. The minimum atomic E-state index is -0.804. The molecule has 176 valence electrons. The van der Waals surface area contributed by atoms with Crippen LogP contribution in [0.25, 0.3) is 11.1 Å². The number of furan rings is 1. The van der Waals surface area contributed by atoms with Crippen LogP contribution in [0.5, 0.6) is 0 Å². The van der Waals surface area contributed by atoms with Gasteiger partial charge in [-0.05, 0) is 63.1 Å². The van der Waals surface area contributed by atoms with Crippen molar-refractivity contribution in [3.8, 4) is 5.00 Å². The fourth-order valence-electron chi connectivity index (χ4n) is 3.91. The Hall–Kier alpha value is -3.92. The van der Waals surface area contributed by atoms with Gasteiger partial charge in [-0.15, -0.1) is 11.3 Å². The first-order valence-corrected chi connectivity index (χ1v) is 11.2. The highest BCUT2D eigenvalue weighted by Crippen LogP contribution is 2.35. The number of hydrogen-bond acceptors (Lipinski definition) is 7. The number of carbonyl (C=O) groups excluding carboxylic acids is 4. The lowest BCUT2D eigenvalue weighted by molar-refractivity contribution is -0.130. The summed E-state index contributed by atoms with van der Waals surface area (Å²) in [7, 11) is 1.34. The van der Waals surface area contributed by atoms with Gasteiger partial charge >= 0.3 is 12.0 Å². The summed E-state index contributed by atoms with van der Waals surface area (Å²) in [5.41, 5.74) is 3.30. The number of imide groups is 2. The molecule has 4 heterocycles. The van der Waals surface area contributed by atoms with Crippen molar-refractivity contribution in [3.05, 3.63) is 68.8 Å². The molecule has 3 aromatic rings. The van der Waals surface area contributed by atoms with Gasteiger partial charge in [-0.3, -0.25) is 19.8 Å². The Kier molecular flexibility index (Phi) is 6.01. The highest BCUT2D eigenvalue weighted by atomic mass is 32.1. The number of nitrogens with one attached hydrogen (secondary N) is 1. The van der Waals surface area contributed by atoms with Gasteiger partial charge in [0.05, 0.1) is 25.5 Å². The molecule has 0 aliphatic carbocycles. The van der Waals surface area contributed by atoms with Crippen LogP contribution in [-0.4, -0.2) is 40.4 Å². The van der Waals surface area contributed by atoms with E-state index in [4.69, 9.17) is 9.15 Å². The van der Waals surface area contributed by atoms with Crippen molar-refractivity contribution in [1.82, 2.24) is 14.8 Å². The summed E-state index contributed by atoms with van der Waals surface area (Å²) < 4.78 is 12.1. The second-order valence-electron chi connectivity index (χ2n) is 7.90. The van der Waals surface area contributed by atoms with Crippen LogP contribution >= 0.6 is 11.3 Å². The molecule has 1 aliphatic rings. The summed E-state index contributed by atoms with van der Waals surface area (Å²) in [4.78, 5) is 52.2. The van der Waals surface area contributed by atoms with Gasteiger partial charge in [-0.1, -0.05) is 0 Å². The molecule has 0 atom stereocenters. The Labute approximate surface area is 199 Å². The van der Waals surface area contributed by atoms with Crippen molar-refractivity contribution < 1.29 is 28.3 Å². The summed E-state index contributed by atoms with van der Waals surface area (Å²) in [6, 6.07) is 4.30. The predicted molar refractivity (Wildman–Crippen MR) is 125 cm³/mol. The zero-order valence-corrected chi connectivity index (χ0v) is 20.2. The highest BCUT2D eigenvalue weighted by molar-refractivity contribution is 7.15. The molecule has 0 bridgehead atoms. The van der Waals surface area contributed by atoms with Gasteiger partial charge in [0.2, 0.25) is 0 Å². The number of urea groups is 1. The lowest BCUT2D eigenvalue weighted by Gasteiger charge is -2.25. The summed E-state index contributed by atoms with van der Waals surface area (Å²) in [6.45, 7) is 7.41. The molecule has 0 unspecified atom stereocenters. The lowest BCUT2D eigenvalue weighted by Crippen LogP contribution is -2.53. The Morgan fingerprint density at radius 1 is 1.21 bits per heavy atom. The number of hydrogen-bond donors (Lipinski definition) is 1. The van der Waals surface area contributed by atoms with Crippen LogP contribution in [0.2, 0.25) is 0 Å². The van der Waals surface area contributed by atoms with Crippen LogP contribution in [0.4, 0.5) is 4.79 Å². The number of rotatable bonds is 5. The van der Waals surface area contributed by atoms with Crippen LogP contribution in [0.1, 0.15) is 43.5 Å². The van der Waals surface area contributed by atoms with E-state index in [9.17, 15) is 19.2 Å². The smallest absolute Gasteiger partial charge is 0.341 e. The van der Waals surface area contributed by atoms with Gasteiger partial charge in [0.25, 0.3) is 11.8 Å². The summed E-state index contributed by atoms with van der Waals surface area (Å²) in [6.07, 6.45) is 2.90. The number of ether oxygens (including phenoxy) is 1. The van der Waals surface area contributed by atoms with Gasteiger partial charge in [0.15, 0.2) is 0 Å². The van der Waals surface area contributed by atoms with Crippen molar-refractivity contribution in [3.63, 3.8) is 0 Å². The van der Waals surface area contributed by atoms with Crippen molar-refractivity contribution in [1.29, 1.82) is 0 Å². The molecule has 1 fully saturated rings. The van der Waals surface area contributed by atoms with E-state index < -0.39 is 23.8 Å². The number of aromatic nitrogens is 1. The Balaban J connectivity index is 1.77. The summed E-state index contributed by atoms with van der Waals surface area (Å²) in [5.74, 6) is -1.51. The molecule has 34 heavy (non-hydrogen) atoms. The van der Waals surface area contributed by atoms with E-state index in [1.807, 2.05) is 38.3 Å². The zero-order valence-electron chi connectivity index (χ0n) is 19.3. The second-order valence-corrected chi connectivity index (χ2v) is 9.11. The molecule has 9 nitrogen and oxygen atoms in total. The maximum Gasteiger partial charge on any atom is 0.341 e. The molecule has 0 aromatic carbocycles. The standard InChI is InChI=1S/C24H23N3O6S/c1-12-9-16(14(3)27(12)22-19(23(30)32-5)13(2)15(4)34-22)10-18-20(28)25-24(31)26(21(18)29)11-17-7-6-8-33-17/h6-10H,11H2,1-5H3,(H,25,28,31)/b18-10+. The van der Waals surface area contributed by atoms with Crippen LogP contribution in [0.3, 0.4) is 0 Å². The minimum absolute atomic E-state index is 0.0997. The number of barbiturate groups is 1. The first-order valence-electron chi connectivity index (χ1n) is 10.4. The molecular weight excluding hydrogens is 458 g/mol. The van der Waals surface area contributed by atoms with E-state index in [-0.39, 0.29) is 12.1 Å². The fraction of sp³-hybridized carbons (Fsp3) is 0.250. The Morgan fingerprint density at radius 3 is 2.59 bits per heavy atom. The van der Waals surface area contributed by atoms with Crippen molar-refractivity contribution in [2.24, 2.45) is 0 Å². The molecular formula is C24H23N3O6S. The van der Waals surface area contributed by atoms with Gasteiger partial charge in [0, 0.05) is 16.3 Å². The molecule has 1 N–H and O–H groups in total. The van der Waals surface area contributed by atoms with E-state index in [1.54, 1.807) is 12.1 Å². The number of amides is 4. The van der Waals surface area contributed by atoms with Gasteiger partial charge < -0.3 is 13.7 Å². The van der Waals surface area contributed by atoms with E-state index in [0.717, 1.165) is 26.7 Å². The first kappa shape index (κ1) is 23.2. The van der Waals surface area contributed by atoms with E-state index >= 15 is 0 Å². The third-order valence-electron chi connectivity index (χ3n) is 5.81. The van der Waals surface area contributed by atoms with Crippen molar-refractivity contribution in [2.75, 3.05) is 7.11 Å². The quantitative estimate of drug-likeness (QED) is 0.337. The summed E-state index contributed by atoms with van der Waals surface area (Å²) in [5, 5.41) is 2.91. The molecule has 10 heteroatoms. The number of carbonyl (C=O) groups is 4. The van der Waals surface area contributed by atoms with E-state index in [1.165, 1.54) is 30.8 Å². The molecule has 4 rings (SSSR count). The van der Waals surface area contributed by atoms with Gasteiger partial charge in [-0.25, -0.2) is 9.59 Å². The number of aryl methyl sites for hydroxylation is 2. The van der Waals surface area contributed by atoms with Crippen LogP contribution in [0.15, 0.2) is 34.5 Å². The SMILES string of the molecule is COC(=O)c1c(-n2c(C)cc(/C=C3\C(=O)NC(=O)N(Cc4ccco4)C3=O)c2C)sc(C)c1C. The van der Waals surface area contributed by atoms with Crippen molar-refractivity contribution in [2.45, 2.75) is 34.2 Å². The minimum Gasteiger partial charge on any atom is -0.467 e. The number of esters is 1. The van der Waals surface area contributed by atoms with Crippen LogP contribution in [-0.2, 0) is 20.9 Å². The Morgan fingerprint density at radius 2 is 1.94 bits per heavy atom. The topological polar surface area (TPSA) is 111 Å². The molecule has 4 amide bonds.